The fourth-order valence-electron chi connectivity index (χ4n) is 0.638. The second-order valence-electron chi connectivity index (χ2n) is 2.73. The lowest BCUT2D eigenvalue weighted by molar-refractivity contribution is 0.866. The summed E-state index contributed by atoms with van der Waals surface area (Å²) in [5.74, 6) is 6.19. The van der Waals surface area contributed by atoms with Crippen LogP contribution in [0.4, 0.5) is 0 Å². The predicted molar refractivity (Wildman–Crippen MR) is 46.6 cm³/mol. The van der Waals surface area contributed by atoms with Gasteiger partial charge in [-0.05, 0) is 0 Å². The molecule has 0 amide bonds. The Hall–Kier alpha value is -1.56. The lowest BCUT2D eigenvalue weighted by Crippen LogP contribution is -2.08. The van der Waals surface area contributed by atoms with Crippen LogP contribution in [0, 0.1) is 17.8 Å². The molecule has 0 fully saturated rings. The lowest BCUT2D eigenvalue weighted by atomic mass is 10.2. The molecule has 1 aromatic rings. The van der Waals surface area contributed by atoms with Crippen molar-refractivity contribution in [3.8, 4) is 11.8 Å². The number of nitrogens with one attached hydrogen (secondary N) is 1. The van der Waals surface area contributed by atoms with E-state index in [0.29, 0.717) is 5.92 Å². The maximum Gasteiger partial charge on any atom is 0.344 e. The molecule has 0 saturated heterocycles. The molecule has 0 bridgehead atoms. The molecule has 3 heteroatoms. The first-order valence-electron chi connectivity index (χ1n) is 3.75. The van der Waals surface area contributed by atoms with Gasteiger partial charge in [-0.1, -0.05) is 25.7 Å². The highest BCUT2D eigenvalue weighted by atomic mass is 16.1. The van der Waals surface area contributed by atoms with Crippen molar-refractivity contribution in [3.63, 3.8) is 0 Å². The van der Waals surface area contributed by atoms with Gasteiger partial charge in [0.1, 0.15) is 0 Å². The summed E-state index contributed by atoms with van der Waals surface area (Å²) in [5, 5.41) is 0. The van der Waals surface area contributed by atoms with Crippen molar-refractivity contribution in [1.82, 2.24) is 9.97 Å². The highest BCUT2D eigenvalue weighted by molar-refractivity contribution is 5.29. The Morgan fingerprint density at radius 1 is 1.58 bits per heavy atom. The second kappa shape index (κ2) is 3.72. The van der Waals surface area contributed by atoms with Gasteiger partial charge < -0.3 is 4.98 Å². The van der Waals surface area contributed by atoms with Gasteiger partial charge in [-0.25, -0.2) is 9.78 Å². The number of aromatic nitrogens is 2. The molecule has 12 heavy (non-hydrogen) atoms. The SMILES string of the molecule is CC(C)C#Cc1cnc(=O)[nH]c1. The van der Waals surface area contributed by atoms with E-state index in [0.717, 1.165) is 5.56 Å². The van der Waals surface area contributed by atoms with Gasteiger partial charge in [0.05, 0.1) is 5.56 Å². The fourth-order valence-corrected chi connectivity index (χ4v) is 0.638. The summed E-state index contributed by atoms with van der Waals surface area (Å²) in [4.78, 5) is 16.5. The zero-order chi connectivity index (χ0) is 8.97. The van der Waals surface area contributed by atoms with Crippen LogP contribution in [-0.4, -0.2) is 9.97 Å². The zero-order valence-electron chi connectivity index (χ0n) is 7.09. The molecule has 1 heterocycles. The van der Waals surface area contributed by atoms with Gasteiger partial charge in [0, 0.05) is 18.3 Å². The molecule has 3 nitrogen and oxygen atoms in total. The van der Waals surface area contributed by atoms with Gasteiger partial charge in [-0.3, -0.25) is 0 Å². The fraction of sp³-hybridized carbons (Fsp3) is 0.333. The van der Waals surface area contributed by atoms with E-state index in [1.54, 1.807) is 6.20 Å². The minimum atomic E-state index is -0.343. The molecule has 0 radical (unpaired) electrons. The number of hydrogen-bond acceptors (Lipinski definition) is 2. The molecular weight excluding hydrogens is 152 g/mol. The van der Waals surface area contributed by atoms with E-state index in [1.807, 2.05) is 13.8 Å². The van der Waals surface area contributed by atoms with Gasteiger partial charge in [0.15, 0.2) is 0 Å². The second-order valence-corrected chi connectivity index (χ2v) is 2.73. The monoisotopic (exact) mass is 162 g/mol. The number of aromatic amines is 1. The molecule has 1 aromatic heterocycles. The highest BCUT2D eigenvalue weighted by Gasteiger charge is 1.87. The summed E-state index contributed by atoms with van der Waals surface area (Å²) < 4.78 is 0. The summed E-state index contributed by atoms with van der Waals surface area (Å²) in [6.45, 7) is 4.01. The third-order valence-corrected chi connectivity index (χ3v) is 1.18. The van der Waals surface area contributed by atoms with Crippen molar-refractivity contribution in [1.29, 1.82) is 0 Å². The molecule has 0 aliphatic carbocycles. The minimum Gasteiger partial charge on any atom is -0.311 e. The Kier molecular flexibility index (Phi) is 2.65. The summed E-state index contributed by atoms with van der Waals surface area (Å²) >= 11 is 0. The summed E-state index contributed by atoms with van der Waals surface area (Å²) in [7, 11) is 0. The van der Waals surface area contributed by atoms with E-state index in [-0.39, 0.29) is 5.69 Å². The molecule has 0 saturated carbocycles. The van der Waals surface area contributed by atoms with Crippen molar-refractivity contribution < 1.29 is 0 Å². The topological polar surface area (TPSA) is 45.8 Å². The molecule has 0 aliphatic rings. The number of hydrogen-bond donors (Lipinski definition) is 1. The van der Waals surface area contributed by atoms with Crippen LogP contribution < -0.4 is 5.69 Å². The van der Waals surface area contributed by atoms with Crippen LogP contribution in [0.3, 0.4) is 0 Å². The van der Waals surface area contributed by atoms with Gasteiger partial charge in [-0.15, -0.1) is 0 Å². The maximum atomic E-state index is 10.5. The van der Waals surface area contributed by atoms with E-state index in [1.165, 1.54) is 6.20 Å². The van der Waals surface area contributed by atoms with Crippen LogP contribution in [0.2, 0.25) is 0 Å². The molecule has 0 aromatic carbocycles. The number of nitrogens with zero attached hydrogens (tertiary/aromatic N) is 1. The molecule has 62 valence electrons. The molecule has 0 unspecified atom stereocenters. The lowest BCUT2D eigenvalue weighted by Gasteiger charge is -1.88. The van der Waals surface area contributed by atoms with Crippen molar-refractivity contribution >= 4 is 0 Å². The quantitative estimate of drug-likeness (QED) is 0.573. The van der Waals surface area contributed by atoms with Crippen molar-refractivity contribution in [2.45, 2.75) is 13.8 Å². The van der Waals surface area contributed by atoms with Crippen LogP contribution in [0.25, 0.3) is 0 Å². The summed E-state index contributed by atoms with van der Waals surface area (Å²) in [6.07, 6.45) is 3.03. The number of rotatable bonds is 0. The smallest absolute Gasteiger partial charge is 0.311 e. The summed E-state index contributed by atoms with van der Waals surface area (Å²) in [6, 6.07) is 0. The average Bonchev–Trinajstić information content (AvgIpc) is 2.03. The molecule has 0 atom stereocenters. The molecular formula is C9H10N2O. The molecule has 0 spiro atoms. The van der Waals surface area contributed by atoms with Crippen LogP contribution in [0.5, 0.6) is 0 Å². The Morgan fingerprint density at radius 3 is 2.83 bits per heavy atom. The number of H-pyrrole nitrogens is 1. The third kappa shape index (κ3) is 2.59. The van der Waals surface area contributed by atoms with Crippen molar-refractivity contribution in [2.24, 2.45) is 5.92 Å². The zero-order valence-corrected chi connectivity index (χ0v) is 7.09. The van der Waals surface area contributed by atoms with Gasteiger partial charge in [0.2, 0.25) is 0 Å². The van der Waals surface area contributed by atoms with E-state index in [9.17, 15) is 4.79 Å². The normalized spacial score (nSPS) is 9.25. The first-order valence-corrected chi connectivity index (χ1v) is 3.75. The summed E-state index contributed by atoms with van der Waals surface area (Å²) in [5.41, 5.74) is 0.397. The predicted octanol–water partition coefficient (Wildman–Crippen LogP) is 0.777. The Balaban J connectivity index is 2.87. The van der Waals surface area contributed by atoms with Gasteiger partial charge in [0.25, 0.3) is 0 Å². The van der Waals surface area contributed by atoms with Crippen molar-refractivity contribution in [3.05, 3.63) is 28.4 Å². The first kappa shape index (κ1) is 8.54. The van der Waals surface area contributed by atoms with Crippen LogP contribution >= 0.6 is 0 Å². The molecule has 0 aliphatic heterocycles. The largest absolute Gasteiger partial charge is 0.344 e. The van der Waals surface area contributed by atoms with Crippen LogP contribution in [0.15, 0.2) is 17.2 Å². The minimum absolute atomic E-state index is 0.330. The molecule has 1 N–H and O–H groups in total. The third-order valence-electron chi connectivity index (χ3n) is 1.18. The van der Waals surface area contributed by atoms with Crippen molar-refractivity contribution in [2.75, 3.05) is 0 Å². The Morgan fingerprint density at radius 2 is 2.33 bits per heavy atom. The van der Waals surface area contributed by atoms with E-state index >= 15 is 0 Å². The first-order chi connectivity index (χ1) is 5.68. The average molecular weight is 162 g/mol. The standard InChI is InChI=1S/C9H10N2O/c1-7(2)3-4-8-5-10-9(12)11-6-8/h5-7H,1-2H3,(H,10,11,12). The van der Waals surface area contributed by atoms with Gasteiger partial charge >= 0.3 is 5.69 Å². The Labute approximate surface area is 70.9 Å². The maximum absolute atomic E-state index is 10.5. The molecule has 1 rings (SSSR count). The van der Waals surface area contributed by atoms with Gasteiger partial charge in [-0.2, -0.15) is 0 Å². The van der Waals surface area contributed by atoms with E-state index in [4.69, 9.17) is 0 Å². The van der Waals surface area contributed by atoms with E-state index in [2.05, 4.69) is 21.8 Å². The van der Waals surface area contributed by atoms with Crippen LogP contribution in [-0.2, 0) is 0 Å². The Bertz CT molecular complexity index is 348. The van der Waals surface area contributed by atoms with E-state index < -0.39 is 0 Å². The highest BCUT2D eigenvalue weighted by Crippen LogP contribution is 1.90. The van der Waals surface area contributed by atoms with Crippen LogP contribution in [0.1, 0.15) is 19.4 Å².